The Bertz CT molecular complexity index is 1480. The second kappa shape index (κ2) is 9.00. The summed E-state index contributed by atoms with van der Waals surface area (Å²) in [5.41, 5.74) is 5.22. The maximum Gasteiger partial charge on any atom is 0.259 e. The third kappa shape index (κ3) is 4.31. The Morgan fingerprint density at radius 3 is 2.66 bits per heavy atom. The van der Waals surface area contributed by atoms with Crippen LogP contribution in [-0.2, 0) is 13.5 Å². The van der Waals surface area contributed by atoms with Gasteiger partial charge >= 0.3 is 0 Å². The highest BCUT2D eigenvalue weighted by Gasteiger charge is 2.27. The van der Waals surface area contributed by atoms with Crippen molar-refractivity contribution >= 4 is 34.8 Å². The monoisotopic (exact) mass is 488 g/mol. The van der Waals surface area contributed by atoms with Crippen molar-refractivity contribution in [1.82, 2.24) is 9.78 Å². The summed E-state index contributed by atoms with van der Waals surface area (Å²) in [6.07, 6.45) is 2.63. The Kier molecular flexibility index (Phi) is 5.86. The summed E-state index contributed by atoms with van der Waals surface area (Å²) < 4.78 is 15.4. The van der Waals surface area contributed by atoms with Gasteiger partial charge in [-0.05, 0) is 60.9 Å². The third-order valence-corrected chi connectivity index (χ3v) is 6.42. The molecule has 35 heavy (non-hydrogen) atoms. The molecule has 0 spiro atoms. The average Bonchev–Trinajstić information content (AvgIpc) is 3.14. The number of fused-ring (bicyclic) bond motifs is 3. The van der Waals surface area contributed by atoms with E-state index < -0.39 is 11.7 Å². The maximum absolute atomic E-state index is 13.6. The second-order valence-corrected chi connectivity index (χ2v) is 8.92. The molecule has 176 valence electrons. The Morgan fingerprint density at radius 1 is 1.06 bits per heavy atom. The number of para-hydroxylation sites is 1. The molecule has 0 saturated heterocycles. The van der Waals surface area contributed by atoms with Crippen LogP contribution in [0.25, 0.3) is 11.3 Å². The van der Waals surface area contributed by atoms with Gasteiger partial charge in [0.1, 0.15) is 5.82 Å². The minimum absolute atomic E-state index is 0.210. The highest BCUT2D eigenvalue weighted by atomic mass is 35.5. The number of halogens is 2. The van der Waals surface area contributed by atoms with E-state index in [9.17, 15) is 14.0 Å². The van der Waals surface area contributed by atoms with E-state index in [1.807, 2.05) is 37.5 Å². The van der Waals surface area contributed by atoms with Crippen LogP contribution < -0.4 is 10.2 Å². The van der Waals surface area contributed by atoms with Gasteiger partial charge in [-0.3, -0.25) is 14.3 Å². The average molecular weight is 489 g/mol. The largest absolute Gasteiger partial charge is 0.322 e. The first-order chi connectivity index (χ1) is 16.8. The molecule has 1 aromatic heterocycles. The van der Waals surface area contributed by atoms with Crippen LogP contribution in [0.4, 0.5) is 15.8 Å². The molecule has 0 fully saturated rings. The lowest BCUT2D eigenvalue weighted by Gasteiger charge is -2.23. The van der Waals surface area contributed by atoms with Gasteiger partial charge in [0.05, 0.1) is 22.0 Å². The Labute approximate surface area is 206 Å². The van der Waals surface area contributed by atoms with Gasteiger partial charge in [-0.15, -0.1) is 0 Å². The van der Waals surface area contributed by atoms with Gasteiger partial charge in [0.15, 0.2) is 0 Å². The number of carbonyl (C=O) groups excluding carboxylic acids is 2. The molecule has 1 aliphatic rings. The summed E-state index contributed by atoms with van der Waals surface area (Å²) in [5.74, 6) is -1.19. The normalized spacial score (nSPS) is 12.5. The molecule has 5 rings (SSSR count). The van der Waals surface area contributed by atoms with Crippen molar-refractivity contribution in [2.45, 2.75) is 13.3 Å². The van der Waals surface area contributed by atoms with Gasteiger partial charge in [0.25, 0.3) is 11.8 Å². The molecule has 3 aromatic carbocycles. The molecule has 0 bridgehead atoms. The van der Waals surface area contributed by atoms with E-state index in [4.69, 9.17) is 11.6 Å². The Hall–Kier alpha value is -3.97. The fourth-order valence-corrected chi connectivity index (χ4v) is 4.63. The number of benzene rings is 3. The lowest BCUT2D eigenvalue weighted by Crippen LogP contribution is -2.32. The lowest BCUT2D eigenvalue weighted by molar-refractivity contribution is 0.0986. The molecule has 1 N–H and O–H groups in total. The van der Waals surface area contributed by atoms with Gasteiger partial charge in [0.2, 0.25) is 0 Å². The Morgan fingerprint density at radius 2 is 1.86 bits per heavy atom. The van der Waals surface area contributed by atoms with Crippen molar-refractivity contribution in [1.29, 1.82) is 0 Å². The van der Waals surface area contributed by atoms with E-state index in [0.29, 0.717) is 29.8 Å². The number of aryl methyl sites for hydroxylation is 2. The number of nitrogens with zero attached hydrogens (tertiary/aromatic N) is 3. The third-order valence-electron chi connectivity index (χ3n) is 6.11. The van der Waals surface area contributed by atoms with E-state index in [1.54, 1.807) is 34.7 Å². The van der Waals surface area contributed by atoms with Gasteiger partial charge in [-0.2, -0.15) is 5.10 Å². The summed E-state index contributed by atoms with van der Waals surface area (Å²) >= 11 is 6.51. The van der Waals surface area contributed by atoms with Crippen LogP contribution in [0.5, 0.6) is 0 Å². The number of anilines is 2. The van der Waals surface area contributed by atoms with Crippen LogP contribution in [0, 0.1) is 12.7 Å². The minimum Gasteiger partial charge on any atom is -0.322 e. The molecule has 4 aromatic rings. The van der Waals surface area contributed by atoms with Crippen LogP contribution in [0.3, 0.4) is 0 Å². The number of amides is 2. The number of hydrogen-bond donors (Lipinski definition) is 1. The summed E-state index contributed by atoms with van der Waals surface area (Å²) in [6, 6.07) is 16.5. The van der Waals surface area contributed by atoms with Gasteiger partial charge in [-0.1, -0.05) is 35.9 Å². The zero-order valence-corrected chi connectivity index (χ0v) is 19.9. The summed E-state index contributed by atoms with van der Waals surface area (Å²) in [5, 5.41) is 7.54. The first kappa shape index (κ1) is 22.8. The number of hydrogen-bond acceptors (Lipinski definition) is 3. The number of carbonyl (C=O) groups is 2. The SMILES string of the molecule is Cc1ccc(F)cc1C(=O)Nc1ccc(C(=O)N2CCc3cn(C)nc3-c3ccccc32)c(Cl)c1. The molecule has 1 aliphatic heterocycles. The standard InChI is InChI=1S/C27H22ClFN4O2/c1-16-7-8-18(29)13-22(16)26(34)30-19-9-10-20(23(28)14-19)27(35)33-12-11-17-15-32(2)31-25(17)21-5-3-4-6-24(21)33/h3-10,13-15H,11-12H2,1-2H3,(H,30,34). The van der Waals surface area contributed by atoms with Crippen molar-refractivity contribution < 1.29 is 14.0 Å². The van der Waals surface area contributed by atoms with E-state index >= 15 is 0 Å². The molecule has 0 saturated carbocycles. The van der Waals surface area contributed by atoms with Crippen molar-refractivity contribution in [3.05, 3.63) is 100.0 Å². The fourth-order valence-electron chi connectivity index (χ4n) is 4.37. The fraction of sp³-hybridized carbons (Fsp3) is 0.148. The topological polar surface area (TPSA) is 67.2 Å². The van der Waals surface area contributed by atoms with Crippen molar-refractivity contribution in [2.75, 3.05) is 16.8 Å². The summed E-state index contributed by atoms with van der Waals surface area (Å²) in [4.78, 5) is 28.0. The summed E-state index contributed by atoms with van der Waals surface area (Å²) in [7, 11) is 1.88. The molecule has 6 nitrogen and oxygen atoms in total. The van der Waals surface area contributed by atoms with Crippen LogP contribution >= 0.6 is 11.6 Å². The molecule has 0 radical (unpaired) electrons. The van der Waals surface area contributed by atoms with Gasteiger partial charge in [-0.25, -0.2) is 4.39 Å². The molecule has 0 aliphatic carbocycles. The molecular formula is C27H22ClFN4O2. The summed E-state index contributed by atoms with van der Waals surface area (Å²) in [6.45, 7) is 2.21. The Balaban J connectivity index is 1.42. The molecular weight excluding hydrogens is 467 g/mol. The lowest BCUT2D eigenvalue weighted by atomic mass is 10.1. The van der Waals surface area contributed by atoms with Crippen LogP contribution in [0.2, 0.25) is 5.02 Å². The van der Waals surface area contributed by atoms with E-state index in [-0.39, 0.29) is 16.5 Å². The maximum atomic E-state index is 13.6. The van der Waals surface area contributed by atoms with Crippen molar-refractivity contribution in [3.63, 3.8) is 0 Å². The van der Waals surface area contributed by atoms with Gasteiger partial charge < -0.3 is 10.2 Å². The predicted molar refractivity (Wildman–Crippen MR) is 135 cm³/mol. The minimum atomic E-state index is -0.491. The second-order valence-electron chi connectivity index (χ2n) is 8.51. The van der Waals surface area contributed by atoms with Crippen LogP contribution in [0.15, 0.2) is 66.9 Å². The first-order valence-electron chi connectivity index (χ1n) is 11.1. The molecule has 2 amide bonds. The van der Waals surface area contributed by atoms with E-state index in [1.165, 1.54) is 18.2 Å². The van der Waals surface area contributed by atoms with Crippen LogP contribution in [0.1, 0.15) is 31.8 Å². The molecule has 2 heterocycles. The predicted octanol–water partition coefficient (Wildman–Crippen LogP) is 5.64. The highest BCUT2D eigenvalue weighted by molar-refractivity contribution is 6.35. The van der Waals surface area contributed by atoms with Crippen molar-refractivity contribution in [3.8, 4) is 11.3 Å². The van der Waals surface area contributed by atoms with Crippen LogP contribution in [-0.4, -0.2) is 28.1 Å². The van der Waals surface area contributed by atoms with E-state index in [0.717, 1.165) is 22.5 Å². The molecule has 0 atom stereocenters. The molecule has 8 heteroatoms. The zero-order valence-electron chi connectivity index (χ0n) is 19.2. The number of aromatic nitrogens is 2. The van der Waals surface area contributed by atoms with Gasteiger partial charge in [0, 0.05) is 36.6 Å². The molecule has 0 unspecified atom stereocenters. The highest BCUT2D eigenvalue weighted by Crippen LogP contribution is 2.36. The number of rotatable bonds is 3. The van der Waals surface area contributed by atoms with E-state index in [2.05, 4.69) is 10.4 Å². The quantitative estimate of drug-likeness (QED) is 0.405. The van der Waals surface area contributed by atoms with Crippen molar-refractivity contribution in [2.24, 2.45) is 7.05 Å². The zero-order chi connectivity index (χ0) is 24.7. The first-order valence-corrected chi connectivity index (χ1v) is 11.5. The smallest absolute Gasteiger partial charge is 0.259 e. The number of nitrogens with one attached hydrogen (secondary N) is 1.